The molecule has 2 nitrogen and oxygen atoms in total. The van der Waals surface area contributed by atoms with E-state index in [2.05, 4.69) is 25.1 Å². The molecule has 0 amide bonds. The van der Waals surface area contributed by atoms with Gasteiger partial charge in [-0.15, -0.1) is 0 Å². The first-order valence-electron chi connectivity index (χ1n) is 8.26. The number of aromatic hydroxyl groups is 1. The fraction of sp³-hybridized carbons (Fsp3) is 0.238. The zero-order chi connectivity index (χ0) is 16.0. The summed E-state index contributed by atoms with van der Waals surface area (Å²) in [6, 6.07) is 14.3. The molecule has 0 aliphatic heterocycles. The molecule has 0 radical (unpaired) electrons. The number of benzene rings is 3. The van der Waals surface area contributed by atoms with Gasteiger partial charge in [-0.2, -0.15) is 0 Å². The van der Waals surface area contributed by atoms with Crippen LogP contribution in [-0.2, 0) is 6.42 Å². The Balaban J connectivity index is 2.22. The van der Waals surface area contributed by atoms with E-state index >= 15 is 0 Å². The molecule has 0 saturated heterocycles. The van der Waals surface area contributed by atoms with Crippen LogP contribution in [0.4, 0.5) is 0 Å². The highest BCUT2D eigenvalue weighted by Gasteiger charge is 2.19. The van der Waals surface area contributed by atoms with Gasteiger partial charge in [-0.25, -0.2) is 0 Å². The quantitative estimate of drug-likeness (QED) is 0.496. The number of fused-ring (bicyclic) bond motifs is 5. The Labute approximate surface area is 135 Å². The molecule has 0 aliphatic carbocycles. The third-order valence-corrected chi connectivity index (χ3v) is 4.64. The molecular weight excluding hydrogens is 284 g/mol. The van der Waals surface area contributed by atoms with Crippen molar-refractivity contribution in [3.05, 3.63) is 53.6 Å². The van der Waals surface area contributed by atoms with Crippen molar-refractivity contribution < 1.29 is 9.52 Å². The van der Waals surface area contributed by atoms with E-state index in [-0.39, 0.29) is 0 Å². The van der Waals surface area contributed by atoms with Gasteiger partial charge in [0.2, 0.25) is 0 Å². The third kappa shape index (κ3) is 2.09. The maximum absolute atomic E-state index is 10.9. The summed E-state index contributed by atoms with van der Waals surface area (Å²) >= 11 is 0. The number of hydrogen-bond acceptors (Lipinski definition) is 2. The number of phenolic OH excluding ortho intramolecular Hbond substituents is 1. The molecule has 0 bridgehead atoms. The summed E-state index contributed by atoms with van der Waals surface area (Å²) in [5.74, 6) is 0.413. The molecule has 4 rings (SSSR count). The lowest BCUT2D eigenvalue weighted by atomic mass is 9.95. The van der Waals surface area contributed by atoms with E-state index in [0.717, 1.165) is 63.1 Å². The highest BCUT2D eigenvalue weighted by atomic mass is 16.3. The molecule has 0 unspecified atom stereocenters. The Morgan fingerprint density at radius 1 is 1.00 bits per heavy atom. The van der Waals surface area contributed by atoms with E-state index in [0.29, 0.717) is 5.75 Å². The monoisotopic (exact) mass is 304 g/mol. The van der Waals surface area contributed by atoms with Crippen molar-refractivity contribution in [1.29, 1.82) is 0 Å². The van der Waals surface area contributed by atoms with Crippen molar-refractivity contribution in [3.63, 3.8) is 0 Å². The lowest BCUT2D eigenvalue weighted by molar-refractivity contribution is 0.474. The Hall–Kier alpha value is -2.48. The number of phenols is 1. The lowest BCUT2D eigenvalue weighted by Crippen LogP contribution is -1.90. The molecule has 0 saturated carbocycles. The number of para-hydroxylation sites is 1. The second-order valence-corrected chi connectivity index (χ2v) is 6.28. The van der Waals surface area contributed by atoms with E-state index in [1.54, 1.807) is 0 Å². The van der Waals surface area contributed by atoms with Crippen molar-refractivity contribution in [2.45, 2.75) is 33.1 Å². The molecule has 2 heteroatoms. The zero-order valence-corrected chi connectivity index (χ0v) is 13.5. The molecule has 0 atom stereocenters. The number of unbranched alkanes of at least 4 members (excludes halogenated alkanes) is 1. The Kier molecular flexibility index (Phi) is 3.26. The van der Waals surface area contributed by atoms with Crippen LogP contribution in [0.15, 0.2) is 46.9 Å². The van der Waals surface area contributed by atoms with Crippen LogP contribution in [0.1, 0.15) is 30.9 Å². The topological polar surface area (TPSA) is 33.4 Å². The van der Waals surface area contributed by atoms with E-state index in [1.165, 1.54) is 0 Å². The highest BCUT2D eigenvalue weighted by Crippen LogP contribution is 2.43. The lowest BCUT2D eigenvalue weighted by Gasteiger charge is -2.11. The normalized spacial score (nSPS) is 11.7. The van der Waals surface area contributed by atoms with Gasteiger partial charge in [0.15, 0.2) is 0 Å². The van der Waals surface area contributed by atoms with E-state index in [9.17, 15) is 5.11 Å². The van der Waals surface area contributed by atoms with Crippen molar-refractivity contribution >= 4 is 32.7 Å². The van der Waals surface area contributed by atoms with Gasteiger partial charge in [0.1, 0.15) is 16.9 Å². The first-order chi connectivity index (χ1) is 11.2. The third-order valence-electron chi connectivity index (χ3n) is 4.64. The minimum atomic E-state index is 0.413. The SMILES string of the molecule is CCCCc1c(O)c2cc(C)ccc2c2oc3ccccc3c12. The molecule has 116 valence electrons. The van der Waals surface area contributed by atoms with E-state index < -0.39 is 0 Å². The predicted molar refractivity (Wildman–Crippen MR) is 96.2 cm³/mol. The number of hydrogen-bond donors (Lipinski definition) is 1. The average Bonchev–Trinajstić information content (AvgIpc) is 2.94. The van der Waals surface area contributed by atoms with Crippen LogP contribution < -0.4 is 0 Å². The molecule has 0 spiro atoms. The Morgan fingerprint density at radius 2 is 1.83 bits per heavy atom. The highest BCUT2D eigenvalue weighted by molar-refractivity contribution is 6.18. The number of aryl methyl sites for hydroxylation is 2. The van der Waals surface area contributed by atoms with Gasteiger partial charge in [-0.1, -0.05) is 49.2 Å². The predicted octanol–water partition coefficient (Wildman–Crippen LogP) is 6.10. The van der Waals surface area contributed by atoms with E-state index in [1.807, 2.05) is 31.2 Å². The maximum atomic E-state index is 10.9. The Morgan fingerprint density at radius 3 is 2.65 bits per heavy atom. The largest absolute Gasteiger partial charge is 0.507 e. The summed E-state index contributed by atoms with van der Waals surface area (Å²) in [6.07, 6.45) is 3.02. The fourth-order valence-electron chi connectivity index (χ4n) is 3.46. The molecule has 1 N–H and O–H groups in total. The van der Waals surface area contributed by atoms with Crippen LogP contribution in [0.25, 0.3) is 32.7 Å². The fourth-order valence-corrected chi connectivity index (χ4v) is 3.46. The van der Waals surface area contributed by atoms with Gasteiger partial charge in [0.05, 0.1) is 0 Å². The van der Waals surface area contributed by atoms with Crippen LogP contribution in [-0.4, -0.2) is 5.11 Å². The van der Waals surface area contributed by atoms with Crippen molar-refractivity contribution in [1.82, 2.24) is 0 Å². The summed E-state index contributed by atoms with van der Waals surface area (Å²) in [7, 11) is 0. The standard InChI is InChI=1S/C21H20O2/c1-3-4-7-16-19-15-8-5-6-9-18(15)23-21(19)14-11-10-13(2)12-17(14)20(16)22/h5-6,8-12,22H,3-4,7H2,1-2H3. The molecule has 4 aromatic rings. The zero-order valence-electron chi connectivity index (χ0n) is 13.5. The van der Waals surface area contributed by atoms with Gasteiger partial charge in [0, 0.05) is 27.1 Å². The van der Waals surface area contributed by atoms with Gasteiger partial charge in [-0.05, 0) is 31.9 Å². The van der Waals surface area contributed by atoms with Crippen LogP contribution in [0, 0.1) is 6.92 Å². The summed E-state index contributed by atoms with van der Waals surface area (Å²) < 4.78 is 6.17. The molecule has 23 heavy (non-hydrogen) atoms. The average molecular weight is 304 g/mol. The van der Waals surface area contributed by atoms with Crippen LogP contribution >= 0.6 is 0 Å². The van der Waals surface area contributed by atoms with Gasteiger partial charge in [-0.3, -0.25) is 0 Å². The van der Waals surface area contributed by atoms with Crippen molar-refractivity contribution in [2.75, 3.05) is 0 Å². The molecule has 1 aromatic heterocycles. The first kappa shape index (κ1) is 14.1. The Bertz CT molecular complexity index is 1020. The smallest absolute Gasteiger partial charge is 0.143 e. The van der Waals surface area contributed by atoms with Gasteiger partial charge < -0.3 is 9.52 Å². The molecule has 0 fully saturated rings. The number of furan rings is 1. The number of rotatable bonds is 3. The second kappa shape index (κ2) is 5.31. The summed E-state index contributed by atoms with van der Waals surface area (Å²) in [5.41, 5.74) is 3.94. The maximum Gasteiger partial charge on any atom is 0.143 e. The minimum absolute atomic E-state index is 0.413. The first-order valence-corrected chi connectivity index (χ1v) is 8.26. The summed E-state index contributed by atoms with van der Waals surface area (Å²) in [5, 5.41) is 15.0. The molecule has 0 aliphatic rings. The summed E-state index contributed by atoms with van der Waals surface area (Å²) in [6.45, 7) is 4.22. The van der Waals surface area contributed by atoms with Crippen LogP contribution in [0.5, 0.6) is 5.75 Å². The van der Waals surface area contributed by atoms with Crippen molar-refractivity contribution in [2.24, 2.45) is 0 Å². The molecule has 3 aromatic carbocycles. The summed E-state index contributed by atoms with van der Waals surface area (Å²) in [4.78, 5) is 0. The van der Waals surface area contributed by atoms with Crippen LogP contribution in [0.3, 0.4) is 0 Å². The van der Waals surface area contributed by atoms with Crippen LogP contribution in [0.2, 0.25) is 0 Å². The van der Waals surface area contributed by atoms with Crippen molar-refractivity contribution in [3.8, 4) is 5.75 Å². The minimum Gasteiger partial charge on any atom is -0.507 e. The second-order valence-electron chi connectivity index (χ2n) is 6.28. The van der Waals surface area contributed by atoms with Gasteiger partial charge >= 0.3 is 0 Å². The molecular formula is C21H20O2. The van der Waals surface area contributed by atoms with E-state index in [4.69, 9.17) is 4.42 Å². The molecule has 1 heterocycles. The van der Waals surface area contributed by atoms with Gasteiger partial charge in [0.25, 0.3) is 0 Å².